The molecule has 0 radical (unpaired) electrons. The fraction of sp³-hybridized carbons (Fsp3) is 0.176. The van der Waals surface area contributed by atoms with Crippen LogP contribution in [-0.2, 0) is 24.1 Å². The summed E-state index contributed by atoms with van der Waals surface area (Å²) in [6.07, 6.45) is 5.31. The fourth-order valence-corrected chi connectivity index (χ4v) is 4.88. The van der Waals surface area contributed by atoms with Gasteiger partial charge in [0.25, 0.3) is 0 Å². The monoisotopic (exact) mass is 544 g/mol. The predicted molar refractivity (Wildman–Crippen MR) is 159 cm³/mol. The Morgan fingerprint density at radius 3 is 2.32 bits per heavy atom. The van der Waals surface area contributed by atoms with Gasteiger partial charge in [-0.05, 0) is 85.8 Å². The second-order valence-corrected chi connectivity index (χ2v) is 10.3. The van der Waals surface area contributed by atoms with E-state index in [1.165, 1.54) is 5.56 Å². The van der Waals surface area contributed by atoms with Crippen molar-refractivity contribution >= 4 is 11.7 Å². The van der Waals surface area contributed by atoms with E-state index in [1.54, 1.807) is 42.7 Å². The van der Waals surface area contributed by atoms with Crippen LogP contribution in [-0.4, -0.2) is 31.6 Å². The number of aryl methyl sites for hydroxylation is 3. The number of primary amides is 1. The number of hydrogen-bond donors (Lipinski definition) is 2. The molecule has 0 aliphatic heterocycles. The Morgan fingerprint density at radius 2 is 1.61 bits per heavy atom. The van der Waals surface area contributed by atoms with Gasteiger partial charge in [0.1, 0.15) is 5.75 Å². The van der Waals surface area contributed by atoms with E-state index in [0.29, 0.717) is 24.8 Å². The van der Waals surface area contributed by atoms with Crippen molar-refractivity contribution in [2.24, 2.45) is 11.7 Å². The average Bonchev–Trinajstić information content (AvgIpc) is 3.42. The highest BCUT2D eigenvalue weighted by Crippen LogP contribution is 2.24. The minimum atomic E-state index is -0.633. The molecule has 0 spiro atoms. The first-order valence-electron chi connectivity index (χ1n) is 13.6. The number of carbonyl (C=O) groups excluding carboxylic acids is 2. The van der Waals surface area contributed by atoms with Gasteiger partial charge in [0.05, 0.1) is 11.4 Å². The number of nitrogens with zero attached hydrogens (tertiary/aromatic N) is 3. The summed E-state index contributed by atoms with van der Waals surface area (Å²) in [6.45, 7) is 2.06. The average molecular weight is 545 g/mol. The van der Waals surface area contributed by atoms with Crippen LogP contribution in [0.2, 0.25) is 0 Å². The second kappa shape index (κ2) is 12.4. The molecule has 1 amide bonds. The van der Waals surface area contributed by atoms with Gasteiger partial charge in [-0.15, -0.1) is 0 Å². The second-order valence-electron chi connectivity index (χ2n) is 10.3. The molecule has 3 N–H and O–H groups in total. The third kappa shape index (κ3) is 6.94. The molecule has 0 aliphatic carbocycles. The molecule has 5 rings (SSSR count). The van der Waals surface area contributed by atoms with Gasteiger partial charge in [-0.2, -0.15) is 5.10 Å². The number of ketones is 1. The Hall–Kier alpha value is -5.04. The van der Waals surface area contributed by atoms with Gasteiger partial charge in [-0.1, -0.05) is 48.0 Å². The van der Waals surface area contributed by atoms with E-state index < -0.39 is 11.8 Å². The standard InChI is InChI=1S/C34H32N4O3/c1-23-5-10-29(11-6-23)38-30(22-32(37-38)26-15-17-36-18-16-26)12-7-24-3-2-4-27(19-24)33(40)21-28(34(35)41)20-25-8-13-31(39)14-9-25/h2-6,8-11,13-19,22,28,39H,7,12,20-21H2,1H3,(H2,35,41). The van der Waals surface area contributed by atoms with Crippen molar-refractivity contribution in [1.29, 1.82) is 0 Å². The molecule has 7 heteroatoms. The van der Waals surface area contributed by atoms with Crippen LogP contribution < -0.4 is 5.73 Å². The number of pyridine rings is 1. The van der Waals surface area contributed by atoms with Crippen molar-refractivity contribution in [2.45, 2.75) is 32.6 Å². The Bertz CT molecular complexity index is 1640. The minimum absolute atomic E-state index is 0.0230. The summed E-state index contributed by atoms with van der Waals surface area (Å²) in [5.41, 5.74) is 13.2. The first kappa shape index (κ1) is 27.5. The van der Waals surface area contributed by atoms with Gasteiger partial charge >= 0.3 is 0 Å². The zero-order chi connectivity index (χ0) is 28.8. The van der Waals surface area contributed by atoms with Crippen LogP contribution in [0.5, 0.6) is 5.75 Å². The molecule has 41 heavy (non-hydrogen) atoms. The van der Waals surface area contributed by atoms with Crippen molar-refractivity contribution in [3.05, 3.63) is 131 Å². The largest absolute Gasteiger partial charge is 0.508 e. The van der Waals surface area contributed by atoms with Gasteiger partial charge in [-0.25, -0.2) is 4.68 Å². The normalized spacial score (nSPS) is 11.7. The number of amides is 1. The molecule has 206 valence electrons. The van der Waals surface area contributed by atoms with Crippen molar-refractivity contribution in [3.8, 4) is 22.7 Å². The Labute approximate surface area is 239 Å². The van der Waals surface area contributed by atoms with Crippen LogP contribution in [0.1, 0.15) is 39.2 Å². The lowest BCUT2D eigenvalue weighted by Crippen LogP contribution is -2.27. The van der Waals surface area contributed by atoms with Gasteiger partial charge < -0.3 is 10.8 Å². The number of rotatable bonds is 11. The summed E-state index contributed by atoms with van der Waals surface area (Å²) >= 11 is 0. The quantitative estimate of drug-likeness (QED) is 0.209. The van der Waals surface area contributed by atoms with E-state index in [4.69, 9.17) is 10.8 Å². The molecule has 0 saturated heterocycles. The van der Waals surface area contributed by atoms with Crippen LogP contribution in [0, 0.1) is 12.8 Å². The summed E-state index contributed by atoms with van der Waals surface area (Å²) in [4.78, 5) is 29.5. The molecule has 1 atom stereocenters. The zero-order valence-corrected chi connectivity index (χ0v) is 22.9. The third-order valence-corrected chi connectivity index (χ3v) is 7.21. The first-order valence-corrected chi connectivity index (χ1v) is 13.6. The van der Waals surface area contributed by atoms with Crippen molar-refractivity contribution in [3.63, 3.8) is 0 Å². The smallest absolute Gasteiger partial charge is 0.221 e. The zero-order valence-electron chi connectivity index (χ0n) is 22.9. The number of benzene rings is 3. The molecule has 0 aliphatic rings. The maximum atomic E-state index is 13.2. The Kier molecular flexibility index (Phi) is 8.34. The van der Waals surface area contributed by atoms with E-state index in [2.05, 4.69) is 42.2 Å². The van der Waals surface area contributed by atoms with Crippen molar-refractivity contribution < 1.29 is 14.7 Å². The predicted octanol–water partition coefficient (Wildman–Crippen LogP) is 5.65. The minimum Gasteiger partial charge on any atom is -0.508 e. The molecule has 0 bridgehead atoms. The van der Waals surface area contributed by atoms with Crippen LogP contribution in [0.15, 0.2) is 103 Å². The Morgan fingerprint density at radius 1 is 0.878 bits per heavy atom. The first-order chi connectivity index (χ1) is 19.9. The summed E-state index contributed by atoms with van der Waals surface area (Å²) in [7, 11) is 0. The number of phenols is 1. The molecule has 2 aromatic heterocycles. The van der Waals surface area contributed by atoms with Gasteiger partial charge in [-0.3, -0.25) is 14.6 Å². The number of hydrogen-bond acceptors (Lipinski definition) is 5. The van der Waals surface area contributed by atoms with E-state index in [0.717, 1.165) is 33.8 Å². The van der Waals surface area contributed by atoms with Crippen LogP contribution in [0.25, 0.3) is 16.9 Å². The number of nitrogens with two attached hydrogens (primary N) is 1. The van der Waals surface area contributed by atoms with Crippen LogP contribution in [0.4, 0.5) is 0 Å². The van der Waals surface area contributed by atoms with Crippen molar-refractivity contribution in [2.75, 3.05) is 0 Å². The SMILES string of the molecule is Cc1ccc(-n2nc(-c3ccncc3)cc2CCc2cccc(C(=O)CC(Cc3ccc(O)cc3)C(N)=O)c2)cc1. The number of carbonyl (C=O) groups is 2. The van der Waals surface area contributed by atoms with Gasteiger partial charge in [0.2, 0.25) is 5.91 Å². The summed E-state index contributed by atoms with van der Waals surface area (Å²) in [5.74, 6) is -1.13. The maximum absolute atomic E-state index is 13.2. The molecule has 0 saturated carbocycles. The maximum Gasteiger partial charge on any atom is 0.221 e. The molecule has 1 unspecified atom stereocenters. The molecular formula is C34H32N4O3. The lowest BCUT2D eigenvalue weighted by atomic mass is 9.91. The highest BCUT2D eigenvalue weighted by molar-refractivity contribution is 5.98. The molecule has 0 fully saturated rings. The molecule has 7 nitrogen and oxygen atoms in total. The van der Waals surface area contributed by atoms with Crippen LogP contribution in [0.3, 0.4) is 0 Å². The molecule has 2 heterocycles. The number of aromatic nitrogens is 3. The summed E-state index contributed by atoms with van der Waals surface area (Å²) in [5, 5.41) is 14.4. The van der Waals surface area contributed by atoms with E-state index in [-0.39, 0.29) is 18.0 Å². The lowest BCUT2D eigenvalue weighted by Gasteiger charge is -2.13. The van der Waals surface area contributed by atoms with Crippen LogP contribution >= 0.6 is 0 Å². The third-order valence-electron chi connectivity index (χ3n) is 7.21. The number of Topliss-reactive ketones (excluding diaryl/α,β-unsaturated/α-hetero) is 1. The summed E-state index contributed by atoms with van der Waals surface area (Å²) in [6, 6.07) is 28.4. The van der Waals surface area contributed by atoms with Gasteiger partial charge in [0, 0.05) is 41.6 Å². The molecule has 3 aromatic carbocycles. The van der Waals surface area contributed by atoms with E-state index in [1.807, 2.05) is 35.0 Å². The van der Waals surface area contributed by atoms with Gasteiger partial charge in [0.15, 0.2) is 5.78 Å². The highest BCUT2D eigenvalue weighted by atomic mass is 16.3. The molecule has 5 aromatic rings. The number of phenolic OH excluding ortho intramolecular Hbond substituents is 1. The van der Waals surface area contributed by atoms with E-state index >= 15 is 0 Å². The number of aromatic hydroxyl groups is 1. The molecular weight excluding hydrogens is 512 g/mol. The lowest BCUT2D eigenvalue weighted by molar-refractivity contribution is -0.121. The topological polar surface area (TPSA) is 111 Å². The highest BCUT2D eigenvalue weighted by Gasteiger charge is 2.21. The summed E-state index contributed by atoms with van der Waals surface area (Å²) < 4.78 is 1.98. The Balaban J connectivity index is 1.32. The fourth-order valence-electron chi connectivity index (χ4n) is 4.88. The van der Waals surface area contributed by atoms with E-state index in [9.17, 15) is 14.7 Å². The van der Waals surface area contributed by atoms with Crippen molar-refractivity contribution in [1.82, 2.24) is 14.8 Å².